The Bertz CT molecular complexity index is 1260. The van der Waals surface area contributed by atoms with Crippen LogP contribution in [-0.4, -0.2) is 41.6 Å². The molecule has 0 saturated heterocycles. The summed E-state index contributed by atoms with van der Waals surface area (Å²) in [6.07, 6.45) is 2.87. The van der Waals surface area contributed by atoms with Crippen LogP contribution in [0, 0.1) is 17.6 Å². The molecule has 3 atom stereocenters. The minimum absolute atomic E-state index is 0.121. The quantitative estimate of drug-likeness (QED) is 0.386. The van der Waals surface area contributed by atoms with Crippen molar-refractivity contribution in [1.29, 1.82) is 0 Å². The summed E-state index contributed by atoms with van der Waals surface area (Å²) in [5, 5.41) is 7.98. The number of benzene rings is 1. The van der Waals surface area contributed by atoms with E-state index in [-0.39, 0.29) is 23.1 Å². The minimum atomic E-state index is -1.23. The van der Waals surface area contributed by atoms with Gasteiger partial charge < -0.3 is 20.1 Å². The van der Waals surface area contributed by atoms with Gasteiger partial charge in [-0.1, -0.05) is 17.7 Å². The maximum atomic E-state index is 14.4. The average molecular weight is 553 g/mol. The summed E-state index contributed by atoms with van der Waals surface area (Å²) >= 11 is 7.53. The van der Waals surface area contributed by atoms with Crippen LogP contribution in [0.4, 0.5) is 13.6 Å². The van der Waals surface area contributed by atoms with E-state index in [1.165, 1.54) is 24.5 Å². The molecule has 1 aromatic carbocycles. The fraction of sp³-hybridized carbons (Fsp3) is 0.440. The molecule has 2 heterocycles. The number of methoxy groups -OCH3 is 1. The van der Waals surface area contributed by atoms with E-state index in [1.54, 1.807) is 32.3 Å². The summed E-state index contributed by atoms with van der Waals surface area (Å²) < 4.78 is 38.8. The molecule has 1 aromatic heterocycles. The van der Waals surface area contributed by atoms with Crippen molar-refractivity contribution in [3.05, 3.63) is 62.2 Å². The van der Waals surface area contributed by atoms with Gasteiger partial charge in [0.2, 0.25) is 0 Å². The lowest BCUT2D eigenvalue weighted by molar-refractivity contribution is -0.136. The molecular formula is C25H27ClF2N4O4S. The number of amidine groups is 1. The first kappa shape index (κ1) is 27.0. The van der Waals surface area contributed by atoms with Crippen LogP contribution in [0.1, 0.15) is 56.6 Å². The van der Waals surface area contributed by atoms with Crippen LogP contribution < -0.4 is 10.6 Å². The second-order valence-electron chi connectivity index (χ2n) is 9.78. The van der Waals surface area contributed by atoms with E-state index in [0.717, 1.165) is 6.07 Å². The van der Waals surface area contributed by atoms with Gasteiger partial charge in [-0.2, -0.15) is 0 Å². The van der Waals surface area contributed by atoms with E-state index >= 15 is 0 Å². The van der Waals surface area contributed by atoms with Crippen molar-refractivity contribution < 1.29 is 27.8 Å². The maximum absolute atomic E-state index is 14.4. The molecule has 37 heavy (non-hydrogen) atoms. The highest BCUT2D eigenvalue weighted by atomic mass is 35.5. The molecule has 1 aliphatic heterocycles. The average Bonchev–Trinajstić information content (AvgIpc) is 3.53. The topological polar surface area (TPSA) is 102 Å². The number of allylic oxidation sites excluding steroid dienone is 1. The second-order valence-corrected chi connectivity index (χ2v) is 11.1. The van der Waals surface area contributed by atoms with Gasteiger partial charge in [-0.15, -0.1) is 11.3 Å². The Morgan fingerprint density at radius 3 is 2.65 bits per heavy atom. The Balaban J connectivity index is 1.73. The number of halogens is 3. The first-order chi connectivity index (χ1) is 17.5. The van der Waals surface area contributed by atoms with Gasteiger partial charge in [-0.05, 0) is 46.1 Å². The third-order valence-electron chi connectivity index (χ3n) is 6.04. The van der Waals surface area contributed by atoms with Gasteiger partial charge in [0.15, 0.2) is 22.5 Å². The number of aliphatic imine (C=N–C) groups is 1. The molecule has 8 nitrogen and oxygen atoms in total. The molecule has 2 aromatic rings. The Kier molecular flexibility index (Phi) is 7.84. The molecule has 1 aliphatic carbocycles. The van der Waals surface area contributed by atoms with E-state index in [1.807, 2.05) is 0 Å². The molecule has 0 bridgehead atoms. The van der Waals surface area contributed by atoms with E-state index in [2.05, 4.69) is 20.6 Å². The Labute approximate surface area is 222 Å². The number of carbonyl (C=O) groups is 2. The lowest BCUT2D eigenvalue weighted by Gasteiger charge is -2.30. The zero-order valence-electron chi connectivity index (χ0n) is 20.7. The predicted octanol–water partition coefficient (Wildman–Crippen LogP) is 5.29. The Hall–Kier alpha value is -3.05. The summed E-state index contributed by atoms with van der Waals surface area (Å²) in [5.41, 5.74) is 0.143. The van der Waals surface area contributed by atoms with E-state index < -0.39 is 40.4 Å². The maximum Gasteiger partial charge on any atom is 0.407 e. The third-order valence-corrected chi connectivity index (χ3v) is 7.20. The van der Waals surface area contributed by atoms with Crippen molar-refractivity contribution in [2.45, 2.75) is 57.7 Å². The van der Waals surface area contributed by atoms with E-state index in [0.29, 0.717) is 35.8 Å². The minimum Gasteiger partial charge on any atom is -0.466 e. The number of nitrogens with zero attached hydrogens (tertiary/aromatic N) is 2. The van der Waals surface area contributed by atoms with Crippen molar-refractivity contribution in [3.8, 4) is 0 Å². The van der Waals surface area contributed by atoms with Crippen molar-refractivity contribution in [3.63, 3.8) is 0 Å². The first-order valence-corrected chi connectivity index (χ1v) is 12.9. The summed E-state index contributed by atoms with van der Waals surface area (Å²) in [5.74, 6) is -2.85. The zero-order valence-corrected chi connectivity index (χ0v) is 22.3. The normalized spacial score (nSPS) is 21.8. The SMILES string of the molecule is COC(=O)C1=C(C2CCC(NC(=O)OC(C)(C)C)C2)NC(c2nccs2)=NC1c1ccc(F)c(F)c1Cl. The highest BCUT2D eigenvalue weighted by Gasteiger charge is 2.40. The molecule has 2 N–H and O–H groups in total. The number of rotatable bonds is 5. The second kappa shape index (κ2) is 10.7. The van der Waals surface area contributed by atoms with Crippen LogP contribution in [0.25, 0.3) is 0 Å². The summed E-state index contributed by atoms with van der Waals surface area (Å²) in [4.78, 5) is 34.3. The number of thiazole rings is 1. The van der Waals surface area contributed by atoms with Crippen LogP contribution in [0.5, 0.6) is 0 Å². The van der Waals surface area contributed by atoms with E-state index in [4.69, 9.17) is 21.1 Å². The van der Waals surface area contributed by atoms with Gasteiger partial charge in [0.1, 0.15) is 11.6 Å². The molecular weight excluding hydrogens is 526 g/mol. The lowest BCUT2D eigenvalue weighted by atomic mass is 9.89. The number of hydrogen-bond donors (Lipinski definition) is 2. The molecule has 1 amide bonds. The molecule has 0 radical (unpaired) electrons. The number of nitrogens with one attached hydrogen (secondary N) is 2. The molecule has 1 saturated carbocycles. The highest BCUT2D eigenvalue weighted by Crippen LogP contribution is 2.42. The van der Waals surface area contributed by atoms with Crippen molar-refractivity contribution >= 4 is 40.8 Å². The fourth-order valence-corrected chi connectivity index (χ4v) is 5.34. The van der Waals surface area contributed by atoms with Crippen LogP contribution in [0.2, 0.25) is 5.02 Å². The third kappa shape index (κ3) is 5.93. The van der Waals surface area contributed by atoms with Crippen molar-refractivity contribution in [2.75, 3.05) is 7.11 Å². The summed E-state index contributed by atoms with van der Waals surface area (Å²) in [6.45, 7) is 5.35. The standard InChI is InChI=1S/C25H27ClF2N4O4S/c1-25(2,3)36-24(34)30-13-6-5-12(11-13)19-16(23(33)35-4)20(14-7-8-15(27)18(28)17(14)26)32-21(31-19)22-29-9-10-37-22/h7-10,12-13,20H,5-6,11H2,1-4H3,(H,30,34)(H,31,32). The van der Waals surface area contributed by atoms with Gasteiger partial charge >= 0.3 is 12.1 Å². The summed E-state index contributed by atoms with van der Waals surface area (Å²) in [7, 11) is 1.23. The molecule has 198 valence electrons. The van der Waals surface area contributed by atoms with Gasteiger partial charge in [0.05, 0.1) is 17.7 Å². The molecule has 1 fully saturated rings. The summed E-state index contributed by atoms with van der Waals surface area (Å²) in [6, 6.07) is 0.993. The lowest BCUT2D eigenvalue weighted by Crippen LogP contribution is -2.39. The molecule has 0 spiro atoms. The molecule has 2 aliphatic rings. The van der Waals surface area contributed by atoms with Crippen LogP contribution in [0.15, 0.2) is 40.0 Å². The fourth-order valence-electron chi connectivity index (χ4n) is 4.50. The monoisotopic (exact) mass is 552 g/mol. The molecule has 12 heteroatoms. The number of alkyl carbamates (subject to hydrolysis) is 1. The van der Waals surface area contributed by atoms with Gasteiger partial charge in [-0.3, -0.25) is 4.99 Å². The van der Waals surface area contributed by atoms with Gasteiger partial charge in [0.25, 0.3) is 0 Å². The number of aromatic nitrogens is 1. The Morgan fingerprint density at radius 1 is 1.24 bits per heavy atom. The van der Waals surface area contributed by atoms with Gasteiger partial charge in [-0.25, -0.2) is 23.4 Å². The highest BCUT2D eigenvalue weighted by molar-refractivity contribution is 7.11. The number of carbonyl (C=O) groups excluding carboxylic acids is 2. The largest absolute Gasteiger partial charge is 0.466 e. The number of hydrogen-bond acceptors (Lipinski definition) is 8. The smallest absolute Gasteiger partial charge is 0.407 e. The number of amides is 1. The van der Waals surface area contributed by atoms with Crippen LogP contribution >= 0.6 is 22.9 Å². The van der Waals surface area contributed by atoms with E-state index in [9.17, 15) is 18.4 Å². The number of ether oxygens (including phenoxy) is 2. The van der Waals surface area contributed by atoms with Gasteiger partial charge in [0, 0.05) is 34.8 Å². The number of esters is 1. The molecule has 4 rings (SSSR count). The van der Waals surface area contributed by atoms with Crippen LogP contribution in [0.3, 0.4) is 0 Å². The molecule has 3 unspecified atom stereocenters. The van der Waals surface area contributed by atoms with Crippen LogP contribution in [-0.2, 0) is 14.3 Å². The van der Waals surface area contributed by atoms with Crippen molar-refractivity contribution in [2.24, 2.45) is 10.9 Å². The predicted molar refractivity (Wildman–Crippen MR) is 135 cm³/mol. The van der Waals surface area contributed by atoms with Crippen molar-refractivity contribution in [1.82, 2.24) is 15.6 Å². The first-order valence-electron chi connectivity index (χ1n) is 11.7. The zero-order chi connectivity index (χ0) is 26.9. The Morgan fingerprint density at radius 2 is 2.00 bits per heavy atom.